The van der Waals surface area contributed by atoms with Gasteiger partial charge >= 0.3 is 5.69 Å². The van der Waals surface area contributed by atoms with Crippen LogP contribution in [0.15, 0.2) is 46.2 Å². The molecule has 1 aliphatic heterocycles. The minimum Gasteiger partial charge on any atom is -0.394 e. The normalized spacial score (nSPS) is 24.8. The third kappa shape index (κ3) is 4.25. The van der Waals surface area contributed by atoms with Gasteiger partial charge in [-0.2, -0.15) is 4.98 Å². The number of nitro groups is 1. The van der Waals surface area contributed by atoms with Crippen LogP contribution in [-0.4, -0.2) is 48.8 Å². The first-order valence-corrected chi connectivity index (χ1v) is 9.99. The van der Waals surface area contributed by atoms with E-state index >= 15 is 0 Å². The molecule has 1 aromatic carbocycles. The second-order valence-corrected chi connectivity index (χ2v) is 8.13. The first kappa shape index (κ1) is 19.6. The van der Waals surface area contributed by atoms with Gasteiger partial charge in [-0.25, -0.2) is 4.79 Å². The summed E-state index contributed by atoms with van der Waals surface area (Å²) in [6, 6.07) is 7.38. The minimum absolute atomic E-state index is 0.0219. The maximum atomic E-state index is 12.1. The molecule has 2 aromatic rings. The molecule has 2 heterocycles. The topological polar surface area (TPSA) is 154 Å². The van der Waals surface area contributed by atoms with Crippen LogP contribution < -0.4 is 11.4 Å². The van der Waals surface area contributed by atoms with Crippen molar-refractivity contribution in [2.45, 2.75) is 28.6 Å². The van der Waals surface area contributed by atoms with E-state index in [1.807, 2.05) is 0 Å². The molecule has 0 saturated carbocycles. The number of rotatable bonds is 6. The highest BCUT2D eigenvalue weighted by molar-refractivity contribution is 8.77. The number of aromatic nitrogens is 2. The molecule has 0 radical (unpaired) electrons. The Kier molecular flexibility index (Phi) is 6.01. The Morgan fingerprint density at radius 3 is 2.63 bits per heavy atom. The van der Waals surface area contributed by atoms with E-state index in [-0.39, 0.29) is 11.5 Å². The highest BCUT2D eigenvalue weighted by atomic mass is 33.1. The van der Waals surface area contributed by atoms with Crippen molar-refractivity contribution in [3.05, 3.63) is 57.1 Å². The molecule has 1 unspecified atom stereocenters. The molecule has 0 bridgehead atoms. The second-order valence-electron chi connectivity index (χ2n) is 5.68. The number of aliphatic hydroxyl groups is 2. The summed E-state index contributed by atoms with van der Waals surface area (Å²) in [7, 11) is 2.51. The Bertz CT molecular complexity index is 877. The van der Waals surface area contributed by atoms with Gasteiger partial charge in [0, 0.05) is 23.2 Å². The van der Waals surface area contributed by atoms with Crippen LogP contribution in [0.25, 0.3) is 0 Å². The summed E-state index contributed by atoms with van der Waals surface area (Å²) in [6.07, 6.45) is -1.31. The van der Waals surface area contributed by atoms with Gasteiger partial charge in [0.1, 0.15) is 11.9 Å². The summed E-state index contributed by atoms with van der Waals surface area (Å²) < 4.78 is 6.85. The molecule has 1 aliphatic rings. The zero-order chi connectivity index (χ0) is 19.6. The quantitative estimate of drug-likeness (QED) is 0.352. The highest BCUT2D eigenvalue weighted by Gasteiger charge is 2.45. The Morgan fingerprint density at radius 1 is 1.33 bits per heavy atom. The van der Waals surface area contributed by atoms with Crippen molar-refractivity contribution in [1.82, 2.24) is 9.55 Å². The fourth-order valence-electron chi connectivity index (χ4n) is 2.55. The summed E-state index contributed by atoms with van der Waals surface area (Å²) in [5.41, 5.74) is 4.85. The molecule has 10 nitrogen and oxygen atoms in total. The van der Waals surface area contributed by atoms with E-state index in [0.29, 0.717) is 0 Å². The summed E-state index contributed by atoms with van der Waals surface area (Å²) in [6.45, 7) is -0.409. The molecule has 1 aromatic heterocycles. The molecule has 0 amide bonds. The predicted octanol–water partition coefficient (Wildman–Crippen LogP) is 0.793. The first-order chi connectivity index (χ1) is 12.9. The lowest BCUT2D eigenvalue weighted by Gasteiger charge is -2.20. The number of nitro benzene ring substituents is 1. The van der Waals surface area contributed by atoms with Crippen molar-refractivity contribution in [2.75, 3.05) is 12.3 Å². The van der Waals surface area contributed by atoms with Crippen molar-refractivity contribution in [1.29, 1.82) is 0 Å². The van der Waals surface area contributed by atoms with Crippen LogP contribution >= 0.6 is 21.6 Å². The van der Waals surface area contributed by atoms with Gasteiger partial charge in [0.2, 0.25) is 0 Å². The number of anilines is 1. The Hall–Kier alpha value is -2.12. The third-order valence-corrected chi connectivity index (χ3v) is 6.75. The van der Waals surface area contributed by atoms with Crippen molar-refractivity contribution < 1.29 is 19.9 Å². The Labute approximate surface area is 160 Å². The van der Waals surface area contributed by atoms with E-state index in [4.69, 9.17) is 10.5 Å². The van der Waals surface area contributed by atoms with E-state index in [2.05, 4.69) is 4.98 Å². The minimum atomic E-state index is -1.03. The second kappa shape index (κ2) is 8.27. The maximum Gasteiger partial charge on any atom is 0.351 e. The van der Waals surface area contributed by atoms with Crippen molar-refractivity contribution in [3.8, 4) is 0 Å². The summed E-state index contributed by atoms with van der Waals surface area (Å²) in [5, 5.41) is 30.0. The summed E-state index contributed by atoms with van der Waals surface area (Å²) >= 11 is 0. The van der Waals surface area contributed by atoms with Gasteiger partial charge in [0.25, 0.3) is 5.69 Å². The van der Waals surface area contributed by atoms with Crippen LogP contribution in [0.3, 0.4) is 0 Å². The van der Waals surface area contributed by atoms with E-state index < -0.39 is 40.9 Å². The third-order valence-electron chi connectivity index (χ3n) is 3.92. The lowest BCUT2D eigenvalue weighted by Crippen LogP contribution is -2.34. The maximum absolute atomic E-state index is 12.1. The number of aliphatic hydroxyl groups excluding tert-OH is 2. The molecule has 0 aliphatic carbocycles. The number of benzene rings is 1. The van der Waals surface area contributed by atoms with Crippen molar-refractivity contribution >= 4 is 33.1 Å². The van der Waals surface area contributed by atoms with Gasteiger partial charge in [-0.1, -0.05) is 21.6 Å². The zero-order valence-corrected chi connectivity index (χ0v) is 15.4. The molecule has 4 atom stereocenters. The highest BCUT2D eigenvalue weighted by Crippen LogP contribution is 2.45. The molecule has 144 valence electrons. The van der Waals surface area contributed by atoms with Crippen LogP contribution in [0, 0.1) is 10.1 Å². The molecule has 1 saturated heterocycles. The molecular weight excluding hydrogens is 396 g/mol. The number of ether oxygens (including phenoxy) is 1. The van der Waals surface area contributed by atoms with E-state index in [1.165, 1.54) is 50.6 Å². The Balaban J connectivity index is 1.79. The van der Waals surface area contributed by atoms with Gasteiger partial charge in [0.05, 0.1) is 22.9 Å². The van der Waals surface area contributed by atoms with Gasteiger partial charge < -0.3 is 20.7 Å². The van der Waals surface area contributed by atoms with E-state index in [0.717, 1.165) is 4.90 Å². The smallest absolute Gasteiger partial charge is 0.351 e. The predicted molar refractivity (Wildman–Crippen MR) is 100 cm³/mol. The molecule has 0 spiro atoms. The number of non-ortho nitro benzene ring substituents is 1. The van der Waals surface area contributed by atoms with Crippen LogP contribution in [0.5, 0.6) is 0 Å². The van der Waals surface area contributed by atoms with Crippen molar-refractivity contribution in [3.63, 3.8) is 0 Å². The van der Waals surface area contributed by atoms with Crippen LogP contribution in [0.4, 0.5) is 11.5 Å². The van der Waals surface area contributed by atoms with Crippen molar-refractivity contribution in [2.24, 2.45) is 0 Å². The number of hydrogen-bond donors (Lipinski definition) is 3. The van der Waals surface area contributed by atoms with Gasteiger partial charge in [-0.3, -0.25) is 14.7 Å². The molecule has 4 N–H and O–H groups in total. The fourth-order valence-corrected chi connectivity index (χ4v) is 5.23. The summed E-state index contributed by atoms with van der Waals surface area (Å²) in [5.74, 6) is 0.0676. The van der Waals surface area contributed by atoms with Gasteiger partial charge in [-0.05, 0) is 18.2 Å². The standard InChI is InChI=1S/C15H16N4O6S2/c16-11-5-6-18(15(22)17-11)14-13(12(21)10(7-20)25-14)27-26-9-3-1-8(2-4-9)19(23)24/h1-6,10,12-14,20-21H,7H2,(H2,16,17,22)/t10-,12+,13?,14-/m1/s1. The number of nitrogen functional groups attached to an aromatic ring is 1. The molecule has 3 rings (SSSR count). The lowest BCUT2D eigenvalue weighted by molar-refractivity contribution is -0.384. The first-order valence-electron chi connectivity index (χ1n) is 7.77. The van der Waals surface area contributed by atoms with Crippen LogP contribution in [0.2, 0.25) is 0 Å². The number of nitrogens with zero attached hydrogens (tertiary/aromatic N) is 3. The number of nitrogens with two attached hydrogens (primary N) is 1. The molecule has 1 fully saturated rings. The molecule has 12 heteroatoms. The molecule has 27 heavy (non-hydrogen) atoms. The number of hydrogen-bond acceptors (Lipinski definition) is 10. The lowest BCUT2D eigenvalue weighted by atomic mass is 10.2. The Morgan fingerprint density at radius 2 is 2.04 bits per heavy atom. The average molecular weight is 412 g/mol. The van der Waals surface area contributed by atoms with E-state index in [1.54, 1.807) is 12.1 Å². The fraction of sp³-hybridized carbons (Fsp3) is 0.333. The largest absolute Gasteiger partial charge is 0.394 e. The van der Waals surface area contributed by atoms with Gasteiger partial charge in [0.15, 0.2) is 6.23 Å². The monoisotopic (exact) mass is 412 g/mol. The van der Waals surface area contributed by atoms with Gasteiger partial charge in [-0.15, -0.1) is 0 Å². The average Bonchev–Trinajstić information content (AvgIpc) is 2.96. The summed E-state index contributed by atoms with van der Waals surface area (Å²) in [4.78, 5) is 26.7. The molecular formula is C15H16N4O6S2. The SMILES string of the molecule is Nc1ccn([C@@H]2O[C@H](CO)[C@H](O)C2SSc2ccc([N+](=O)[O-])cc2)c(=O)n1. The van der Waals surface area contributed by atoms with E-state index in [9.17, 15) is 25.1 Å². The van der Waals surface area contributed by atoms with Crippen LogP contribution in [0.1, 0.15) is 6.23 Å². The van der Waals surface area contributed by atoms with Crippen LogP contribution in [-0.2, 0) is 4.74 Å². The zero-order valence-electron chi connectivity index (χ0n) is 13.7.